The molecule has 3 rings (SSSR count). The number of pyridine rings is 1. The summed E-state index contributed by atoms with van der Waals surface area (Å²) in [4.78, 5) is 26.1. The van der Waals surface area contributed by atoms with Gasteiger partial charge in [-0.15, -0.1) is 0 Å². The number of hydrogen-bond donors (Lipinski definition) is 2. The highest BCUT2D eigenvalue weighted by atomic mass is 35.5. The molecule has 0 radical (unpaired) electrons. The molecule has 0 saturated carbocycles. The Balaban J connectivity index is 1.99. The number of rotatable bonds is 5. The van der Waals surface area contributed by atoms with Crippen LogP contribution in [-0.2, 0) is 17.8 Å². The summed E-state index contributed by atoms with van der Waals surface area (Å²) in [5.74, 6) is -0.438. The molecule has 0 amide bonds. The average Bonchev–Trinajstić information content (AvgIpc) is 2.87. The molecule has 26 heavy (non-hydrogen) atoms. The van der Waals surface area contributed by atoms with Gasteiger partial charge in [-0.2, -0.15) is 4.98 Å². The quantitative estimate of drug-likeness (QED) is 0.774. The molecule has 0 aromatic carbocycles. The molecule has 3 N–H and O–H groups in total. The van der Waals surface area contributed by atoms with E-state index in [2.05, 4.69) is 28.8 Å². The van der Waals surface area contributed by atoms with Crippen molar-refractivity contribution in [2.75, 3.05) is 17.2 Å². The summed E-state index contributed by atoms with van der Waals surface area (Å²) in [6.07, 6.45) is 2.76. The van der Waals surface area contributed by atoms with Gasteiger partial charge in [-0.25, -0.2) is 4.98 Å². The van der Waals surface area contributed by atoms with Gasteiger partial charge in [0.2, 0.25) is 5.95 Å². The Kier molecular flexibility index (Phi) is 5.00. The second-order valence-corrected chi connectivity index (χ2v) is 6.97. The van der Waals surface area contributed by atoms with Crippen LogP contribution in [0.1, 0.15) is 47.2 Å². The predicted octanol–water partition coefficient (Wildman–Crippen LogP) is 2.86. The number of halogens is 1. The summed E-state index contributed by atoms with van der Waals surface area (Å²) in [5.41, 5.74) is 11.0. The Bertz CT molecular complexity index is 871. The summed E-state index contributed by atoms with van der Waals surface area (Å²) in [7, 11) is 0. The maximum absolute atomic E-state index is 11.2. The molecular formula is C18H22ClN5O2. The van der Waals surface area contributed by atoms with Gasteiger partial charge in [0.15, 0.2) is 0 Å². The predicted molar refractivity (Wildman–Crippen MR) is 101 cm³/mol. The fraction of sp³-hybridized carbons (Fsp3) is 0.444. The number of hydrogen-bond acceptors (Lipinski definition) is 6. The van der Waals surface area contributed by atoms with Gasteiger partial charge in [-0.3, -0.25) is 9.78 Å². The van der Waals surface area contributed by atoms with E-state index in [1.807, 2.05) is 18.0 Å². The van der Waals surface area contributed by atoms with Crippen LogP contribution >= 0.6 is 11.6 Å². The van der Waals surface area contributed by atoms with Crippen molar-refractivity contribution < 1.29 is 9.90 Å². The van der Waals surface area contributed by atoms with Gasteiger partial charge in [0, 0.05) is 36.5 Å². The molecule has 2 aromatic rings. The van der Waals surface area contributed by atoms with E-state index in [4.69, 9.17) is 17.3 Å². The number of anilines is 2. The van der Waals surface area contributed by atoms with E-state index < -0.39 is 5.97 Å². The van der Waals surface area contributed by atoms with Crippen LogP contribution in [0.5, 0.6) is 0 Å². The summed E-state index contributed by atoms with van der Waals surface area (Å²) in [6, 6.07) is 0. The smallest absolute Gasteiger partial charge is 0.304 e. The molecule has 1 aliphatic rings. The summed E-state index contributed by atoms with van der Waals surface area (Å²) in [6.45, 7) is 7.30. The highest BCUT2D eigenvalue weighted by Crippen LogP contribution is 2.41. The standard InChI is InChI=1S/C18H22ClN5O2/c1-4-13-9(2)12(6-21-10(13)3)8-24-7-11(5-14(25)26)15-16(19)22-18(20)23-17(15)24/h6,11H,4-5,7-8H2,1-3H3,(H,25,26)(H2,20,22,23). The van der Waals surface area contributed by atoms with Gasteiger partial charge in [-0.1, -0.05) is 18.5 Å². The molecule has 3 heterocycles. The van der Waals surface area contributed by atoms with Crippen molar-refractivity contribution in [2.45, 2.75) is 46.1 Å². The second kappa shape index (κ2) is 7.07. The number of aliphatic carboxylic acids is 1. The third kappa shape index (κ3) is 3.31. The number of nitrogens with two attached hydrogens (primary N) is 1. The van der Waals surface area contributed by atoms with E-state index in [1.54, 1.807) is 0 Å². The molecule has 2 aromatic heterocycles. The molecule has 0 bridgehead atoms. The van der Waals surface area contributed by atoms with Crippen molar-refractivity contribution in [3.8, 4) is 0 Å². The maximum atomic E-state index is 11.2. The number of carboxylic acids is 1. The minimum atomic E-state index is -0.878. The zero-order valence-electron chi connectivity index (χ0n) is 15.1. The van der Waals surface area contributed by atoms with Gasteiger partial charge < -0.3 is 15.7 Å². The van der Waals surface area contributed by atoms with E-state index in [0.29, 0.717) is 24.5 Å². The molecule has 0 saturated heterocycles. The third-order valence-corrected chi connectivity index (χ3v) is 5.25. The Morgan fingerprint density at radius 2 is 2.15 bits per heavy atom. The monoisotopic (exact) mass is 375 g/mol. The summed E-state index contributed by atoms with van der Waals surface area (Å²) in [5, 5.41) is 9.46. The van der Waals surface area contributed by atoms with Crippen LogP contribution in [0.15, 0.2) is 6.20 Å². The number of fused-ring (bicyclic) bond motifs is 1. The van der Waals surface area contributed by atoms with Crippen LogP contribution in [0.25, 0.3) is 0 Å². The molecule has 0 aliphatic carbocycles. The molecule has 0 spiro atoms. The molecule has 8 heteroatoms. The van der Waals surface area contributed by atoms with Crippen molar-refractivity contribution in [2.24, 2.45) is 0 Å². The number of nitrogen functional groups attached to an aromatic ring is 1. The van der Waals surface area contributed by atoms with Crippen molar-refractivity contribution >= 4 is 29.3 Å². The van der Waals surface area contributed by atoms with E-state index >= 15 is 0 Å². The van der Waals surface area contributed by atoms with E-state index in [0.717, 1.165) is 17.7 Å². The topological polar surface area (TPSA) is 105 Å². The number of aryl methyl sites for hydroxylation is 1. The first kappa shape index (κ1) is 18.4. The van der Waals surface area contributed by atoms with Crippen LogP contribution < -0.4 is 10.6 Å². The average molecular weight is 376 g/mol. The Morgan fingerprint density at radius 1 is 1.42 bits per heavy atom. The molecular weight excluding hydrogens is 354 g/mol. The van der Waals surface area contributed by atoms with Gasteiger partial charge in [0.05, 0.1) is 6.42 Å². The molecule has 1 atom stereocenters. The third-order valence-electron chi connectivity index (χ3n) is 4.97. The van der Waals surface area contributed by atoms with Crippen molar-refractivity contribution in [1.82, 2.24) is 15.0 Å². The van der Waals surface area contributed by atoms with Gasteiger partial charge in [0.25, 0.3) is 0 Å². The van der Waals surface area contributed by atoms with Crippen LogP contribution in [0.3, 0.4) is 0 Å². The number of carbonyl (C=O) groups is 1. The second-order valence-electron chi connectivity index (χ2n) is 6.61. The van der Waals surface area contributed by atoms with E-state index in [1.165, 1.54) is 11.1 Å². The lowest BCUT2D eigenvalue weighted by molar-refractivity contribution is -0.137. The lowest BCUT2D eigenvalue weighted by Gasteiger charge is -2.21. The van der Waals surface area contributed by atoms with Crippen molar-refractivity contribution in [1.29, 1.82) is 0 Å². The maximum Gasteiger partial charge on any atom is 0.304 e. The van der Waals surface area contributed by atoms with Crippen LogP contribution in [0.4, 0.5) is 11.8 Å². The van der Waals surface area contributed by atoms with Crippen LogP contribution in [-0.4, -0.2) is 32.6 Å². The van der Waals surface area contributed by atoms with Crippen molar-refractivity contribution in [3.05, 3.63) is 39.3 Å². The van der Waals surface area contributed by atoms with E-state index in [-0.39, 0.29) is 23.4 Å². The fourth-order valence-corrected chi connectivity index (χ4v) is 4.03. The highest BCUT2D eigenvalue weighted by molar-refractivity contribution is 6.30. The fourth-order valence-electron chi connectivity index (χ4n) is 3.70. The van der Waals surface area contributed by atoms with E-state index in [9.17, 15) is 9.90 Å². The number of aromatic nitrogens is 3. The number of carboxylic acid groups (broad SMARTS) is 1. The number of nitrogens with zero attached hydrogens (tertiary/aromatic N) is 4. The molecule has 138 valence electrons. The Morgan fingerprint density at radius 3 is 2.81 bits per heavy atom. The first-order valence-corrected chi connectivity index (χ1v) is 8.93. The lowest BCUT2D eigenvalue weighted by Crippen LogP contribution is -2.24. The minimum Gasteiger partial charge on any atom is -0.481 e. The zero-order valence-corrected chi connectivity index (χ0v) is 15.8. The zero-order chi connectivity index (χ0) is 19.0. The first-order chi connectivity index (χ1) is 12.3. The van der Waals surface area contributed by atoms with Gasteiger partial charge in [0.1, 0.15) is 11.0 Å². The van der Waals surface area contributed by atoms with Crippen molar-refractivity contribution in [3.63, 3.8) is 0 Å². The Labute approximate surface area is 157 Å². The molecule has 0 fully saturated rings. The molecule has 1 unspecified atom stereocenters. The highest BCUT2D eigenvalue weighted by Gasteiger charge is 2.35. The first-order valence-electron chi connectivity index (χ1n) is 8.55. The van der Waals surface area contributed by atoms with Crippen LogP contribution in [0, 0.1) is 13.8 Å². The summed E-state index contributed by atoms with van der Waals surface area (Å²) < 4.78 is 0. The Hall–Kier alpha value is -2.41. The normalized spacial score (nSPS) is 16.0. The minimum absolute atomic E-state index is 0.0260. The largest absolute Gasteiger partial charge is 0.481 e. The SMILES string of the molecule is CCc1c(C)ncc(CN2CC(CC(=O)O)c3c(Cl)nc(N)nc32)c1C. The van der Waals surface area contributed by atoms with Gasteiger partial charge >= 0.3 is 5.97 Å². The molecule has 1 aliphatic heterocycles. The lowest BCUT2D eigenvalue weighted by atomic mass is 10.00. The summed E-state index contributed by atoms with van der Waals surface area (Å²) >= 11 is 6.26. The molecule has 7 nitrogen and oxygen atoms in total. The van der Waals surface area contributed by atoms with Crippen LogP contribution in [0.2, 0.25) is 5.15 Å². The van der Waals surface area contributed by atoms with Gasteiger partial charge in [-0.05, 0) is 37.0 Å².